The van der Waals surface area contributed by atoms with E-state index in [0.29, 0.717) is 25.9 Å². The fourth-order valence-electron chi connectivity index (χ4n) is 3.70. The number of carbonyl (C=O) groups is 2. The molecule has 0 aromatic heterocycles. The molecule has 0 aromatic rings. The van der Waals surface area contributed by atoms with Crippen LogP contribution in [-0.4, -0.2) is 25.2 Å². The summed E-state index contributed by atoms with van der Waals surface area (Å²) >= 11 is 0. The fourth-order valence-corrected chi connectivity index (χ4v) is 3.70. The summed E-state index contributed by atoms with van der Waals surface area (Å²) in [6.07, 6.45) is 3.84. The van der Waals surface area contributed by atoms with Crippen LogP contribution in [0.2, 0.25) is 0 Å². The molecule has 28 heavy (non-hydrogen) atoms. The Bertz CT molecular complexity index is 727. The van der Waals surface area contributed by atoms with Gasteiger partial charge in [-0.2, -0.15) is 10.5 Å². The van der Waals surface area contributed by atoms with E-state index in [1.54, 1.807) is 6.92 Å². The molecule has 0 aliphatic heterocycles. The van der Waals surface area contributed by atoms with Crippen LogP contribution in [0.4, 0.5) is 0 Å². The molecule has 0 heterocycles. The largest absolute Gasteiger partial charge is 0.466 e. The second kappa shape index (κ2) is 11.2. The summed E-state index contributed by atoms with van der Waals surface area (Å²) in [5.74, 6) is 4.34. The second-order valence-corrected chi connectivity index (χ2v) is 7.28. The van der Waals surface area contributed by atoms with Gasteiger partial charge >= 0.3 is 11.9 Å². The fraction of sp³-hybridized carbons (Fsp3) is 0.636. The number of hydrogen-bond acceptors (Lipinski definition) is 6. The van der Waals surface area contributed by atoms with Crippen LogP contribution >= 0.6 is 0 Å². The summed E-state index contributed by atoms with van der Waals surface area (Å²) in [5, 5.41) is 19.7. The van der Waals surface area contributed by atoms with E-state index in [2.05, 4.69) is 24.0 Å². The SMILES string of the molecule is CCOC(=O)[C@H]1CC[C@H](C(C#N)(C#N)CC#CCOC(C)=O)[C@H](C=C(C)C)C1. The van der Waals surface area contributed by atoms with E-state index in [1.165, 1.54) is 6.92 Å². The first kappa shape index (κ1) is 23.3. The predicted octanol–water partition coefficient (Wildman–Crippen LogP) is 3.54. The van der Waals surface area contributed by atoms with Gasteiger partial charge in [-0.05, 0) is 51.9 Å². The Morgan fingerprint density at radius 2 is 1.79 bits per heavy atom. The van der Waals surface area contributed by atoms with Crippen molar-refractivity contribution in [3.63, 3.8) is 0 Å². The van der Waals surface area contributed by atoms with Gasteiger partial charge in [0.1, 0.15) is 0 Å². The highest BCUT2D eigenvalue weighted by molar-refractivity contribution is 5.72. The number of ether oxygens (including phenoxy) is 2. The standard InChI is InChI=1S/C22H28N2O4/c1-5-27-21(26)18-8-9-20(19(13-18)12-16(2)3)22(14-23,15-24)10-6-7-11-28-17(4)25/h12,18-20H,5,8-11,13H2,1-4H3/t18-,19+,20-/m0/s1. The van der Waals surface area contributed by atoms with Crippen LogP contribution in [0.3, 0.4) is 0 Å². The summed E-state index contributed by atoms with van der Waals surface area (Å²) in [6.45, 7) is 7.28. The quantitative estimate of drug-likeness (QED) is 0.394. The zero-order chi connectivity index (χ0) is 21.2. The molecule has 1 rings (SSSR count). The van der Waals surface area contributed by atoms with Crippen LogP contribution in [0.1, 0.15) is 53.4 Å². The normalized spacial score (nSPS) is 21.1. The van der Waals surface area contributed by atoms with Crippen LogP contribution in [0.25, 0.3) is 0 Å². The number of hydrogen-bond donors (Lipinski definition) is 0. The van der Waals surface area contributed by atoms with Gasteiger partial charge in [-0.3, -0.25) is 9.59 Å². The van der Waals surface area contributed by atoms with Crippen LogP contribution in [0.15, 0.2) is 11.6 Å². The molecule has 0 amide bonds. The highest BCUT2D eigenvalue weighted by atomic mass is 16.5. The molecule has 3 atom stereocenters. The van der Waals surface area contributed by atoms with Gasteiger partial charge in [0.05, 0.1) is 24.7 Å². The molecule has 0 unspecified atom stereocenters. The molecule has 0 radical (unpaired) electrons. The van der Waals surface area contributed by atoms with Gasteiger partial charge in [-0.15, -0.1) is 0 Å². The van der Waals surface area contributed by atoms with Crippen LogP contribution in [-0.2, 0) is 19.1 Å². The Kier molecular flexibility index (Phi) is 9.26. The molecule has 0 N–H and O–H groups in total. The Morgan fingerprint density at radius 3 is 2.32 bits per heavy atom. The van der Waals surface area contributed by atoms with Gasteiger partial charge in [0, 0.05) is 13.3 Å². The Labute approximate surface area is 167 Å². The smallest absolute Gasteiger partial charge is 0.308 e. The van der Waals surface area contributed by atoms with Crippen LogP contribution in [0.5, 0.6) is 0 Å². The highest BCUT2D eigenvalue weighted by Crippen LogP contribution is 2.46. The van der Waals surface area contributed by atoms with Crippen molar-refractivity contribution in [3.8, 4) is 24.0 Å². The van der Waals surface area contributed by atoms with Crippen LogP contribution < -0.4 is 0 Å². The maximum absolute atomic E-state index is 12.2. The highest BCUT2D eigenvalue weighted by Gasteiger charge is 2.46. The predicted molar refractivity (Wildman–Crippen MR) is 103 cm³/mol. The van der Waals surface area contributed by atoms with E-state index in [-0.39, 0.29) is 36.8 Å². The minimum atomic E-state index is -1.28. The van der Waals surface area contributed by atoms with Crippen molar-refractivity contribution in [1.82, 2.24) is 0 Å². The van der Waals surface area contributed by atoms with E-state index >= 15 is 0 Å². The molecular weight excluding hydrogens is 356 g/mol. The third-order valence-corrected chi connectivity index (χ3v) is 4.94. The summed E-state index contributed by atoms with van der Waals surface area (Å²) in [6, 6.07) is 4.38. The van der Waals surface area contributed by atoms with E-state index in [0.717, 1.165) is 5.57 Å². The van der Waals surface area contributed by atoms with Crippen molar-refractivity contribution in [2.24, 2.45) is 23.2 Å². The molecule has 0 spiro atoms. The number of rotatable bonds is 6. The Balaban J connectivity index is 3.06. The topological polar surface area (TPSA) is 100 Å². The van der Waals surface area contributed by atoms with E-state index in [4.69, 9.17) is 9.47 Å². The zero-order valence-electron chi connectivity index (χ0n) is 17.1. The Morgan fingerprint density at radius 1 is 1.11 bits per heavy atom. The lowest BCUT2D eigenvalue weighted by Gasteiger charge is -2.39. The van der Waals surface area contributed by atoms with Crippen molar-refractivity contribution in [2.45, 2.75) is 53.4 Å². The molecule has 1 fully saturated rings. The molecule has 1 saturated carbocycles. The molecule has 6 nitrogen and oxygen atoms in total. The van der Waals surface area contributed by atoms with E-state index in [1.807, 2.05) is 19.9 Å². The van der Waals surface area contributed by atoms with Gasteiger partial charge in [0.25, 0.3) is 0 Å². The van der Waals surface area contributed by atoms with Crippen molar-refractivity contribution in [1.29, 1.82) is 10.5 Å². The average molecular weight is 384 g/mol. The number of allylic oxidation sites excluding steroid dienone is 2. The molecule has 0 saturated heterocycles. The summed E-state index contributed by atoms with van der Waals surface area (Å²) < 4.78 is 9.93. The second-order valence-electron chi connectivity index (χ2n) is 7.28. The maximum Gasteiger partial charge on any atom is 0.308 e. The van der Waals surface area contributed by atoms with Gasteiger partial charge in [-0.25, -0.2) is 0 Å². The third-order valence-electron chi connectivity index (χ3n) is 4.94. The molecule has 1 aliphatic rings. The summed E-state index contributed by atoms with van der Waals surface area (Å²) in [4.78, 5) is 23.0. The third kappa shape index (κ3) is 6.43. The lowest BCUT2D eigenvalue weighted by molar-refractivity contribution is -0.150. The summed E-state index contributed by atoms with van der Waals surface area (Å²) in [5.41, 5.74) is -0.204. The molecular formula is C22H28N2O4. The van der Waals surface area contributed by atoms with Gasteiger partial charge in [0.2, 0.25) is 0 Å². The van der Waals surface area contributed by atoms with Crippen molar-refractivity contribution in [3.05, 3.63) is 11.6 Å². The number of nitriles is 2. The monoisotopic (exact) mass is 384 g/mol. The van der Waals surface area contributed by atoms with Gasteiger partial charge < -0.3 is 9.47 Å². The first-order valence-corrected chi connectivity index (χ1v) is 9.52. The van der Waals surface area contributed by atoms with Crippen LogP contribution in [0, 0.1) is 57.7 Å². The number of esters is 2. The first-order chi connectivity index (χ1) is 13.3. The van der Waals surface area contributed by atoms with Crippen molar-refractivity contribution >= 4 is 11.9 Å². The summed E-state index contributed by atoms with van der Waals surface area (Å²) in [7, 11) is 0. The molecule has 6 heteroatoms. The first-order valence-electron chi connectivity index (χ1n) is 9.52. The molecule has 0 aromatic carbocycles. The average Bonchev–Trinajstić information content (AvgIpc) is 2.65. The zero-order valence-corrected chi connectivity index (χ0v) is 17.1. The molecule has 1 aliphatic carbocycles. The van der Waals surface area contributed by atoms with E-state index in [9.17, 15) is 20.1 Å². The lowest BCUT2D eigenvalue weighted by Crippen LogP contribution is -2.39. The number of nitrogens with zero attached hydrogens (tertiary/aromatic N) is 2. The maximum atomic E-state index is 12.2. The van der Waals surface area contributed by atoms with Crippen molar-refractivity contribution in [2.75, 3.05) is 13.2 Å². The van der Waals surface area contributed by atoms with Gasteiger partial charge in [0.15, 0.2) is 12.0 Å². The van der Waals surface area contributed by atoms with E-state index < -0.39 is 11.4 Å². The Hall–Kier alpha value is -2.78. The van der Waals surface area contributed by atoms with Crippen molar-refractivity contribution < 1.29 is 19.1 Å². The minimum absolute atomic E-state index is 0.0602. The van der Waals surface area contributed by atoms with Gasteiger partial charge in [-0.1, -0.05) is 23.5 Å². The number of carbonyl (C=O) groups excluding carboxylic acids is 2. The lowest BCUT2D eigenvalue weighted by atomic mass is 9.61. The molecule has 0 bridgehead atoms. The molecule has 150 valence electrons. The minimum Gasteiger partial charge on any atom is -0.466 e.